The Morgan fingerprint density at radius 3 is 2.88 bits per heavy atom. The van der Waals surface area contributed by atoms with E-state index in [9.17, 15) is 4.39 Å². The molecule has 0 aromatic heterocycles. The maximum Gasteiger partial charge on any atom is 0.186 e. The molecule has 0 aliphatic carbocycles. The van der Waals surface area contributed by atoms with Crippen LogP contribution in [0.1, 0.15) is 22.7 Å². The van der Waals surface area contributed by atoms with E-state index in [-0.39, 0.29) is 11.9 Å². The van der Waals surface area contributed by atoms with Gasteiger partial charge in [0, 0.05) is 6.54 Å². The van der Waals surface area contributed by atoms with Gasteiger partial charge < -0.3 is 5.73 Å². The topological polar surface area (TPSA) is 66.0 Å². The molecule has 1 unspecified atom stereocenters. The SMILES string of the molecule is NCc1cccc(C2CN=C3SC(=NCc4ccc(F)cc4)NN32)c1. The van der Waals surface area contributed by atoms with Gasteiger partial charge in [-0.3, -0.25) is 20.4 Å². The summed E-state index contributed by atoms with van der Waals surface area (Å²) in [5, 5.41) is 3.80. The van der Waals surface area contributed by atoms with Crippen LogP contribution in [0.25, 0.3) is 0 Å². The van der Waals surface area contributed by atoms with E-state index in [1.807, 2.05) is 12.1 Å². The highest BCUT2D eigenvalue weighted by Crippen LogP contribution is 2.33. The number of aliphatic imine (C=N–C) groups is 2. The molecular weight excluding hydrogens is 337 g/mol. The Morgan fingerprint density at radius 1 is 1.24 bits per heavy atom. The molecule has 2 aromatic carbocycles. The summed E-state index contributed by atoms with van der Waals surface area (Å²) >= 11 is 1.53. The van der Waals surface area contributed by atoms with E-state index in [0.29, 0.717) is 19.6 Å². The Kier molecular flexibility index (Phi) is 4.42. The predicted molar refractivity (Wildman–Crippen MR) is 99.5 cm³/mol. The minimum Gasteiger partial charge on any atom is -0.326 e. The van der Waals surface area contributed by atoms with Crippen LogP contribution in [-0.4, -0.2) is 21.9 Å². The van der Waals surface area contributed by atoms with Gasteiger partial charge in [-0.05, 0) is 40.6 Å². The molecule has 0 saturated carbocycles. The number of fused-ring (bicyclic) bond motifs is 1. The van der Waals surface area contributed by atoms with E-state index in [0.717, 1.165) is 21.5 Å². The van der Waals surface area contributed by atoms with Crippen molar-refractivity contribution in [1.82, 2.24) is 10.4 Å². The maximum absolute atomic E-state index is 13.0. The van der Waals surface area contributed by atoms with Gasteiger partial charge in [0.25, 0.3) is 0 Å². The number of halogens is 1. The van der Waals surface area contributed by atoms with E-state index >= 15 is 0 Å². The van der Waals surface area contributed by atoms with Crippen molar-refractivity contribution in [1.29, 1.82) is 0 Å². The van der Waals surface area contributed by atoms with E-state index in [2.05, 4.69) is 32.6 Å². The molecule has 1 saturated heterocycles. The van der Waals surface area contributed by atoms with Crippen molar-refractivity contribution in [2.45, 2.75) is 19.1 Å². The second kappa shape index (κ2) is 6.85. The molecule has 2 aliphatic rings. The lowest BCUT2D eigenvalue weighted by Crippen LogP contribution is -2.37. The number of nitrogens with two attached hydrogens (primary N) is 1. The monoisotopic (exact) mass is 355 g/mol. The van der Waals surface area contributed by atoms with E-state index in [1.165, 1.54) is 29.5 Å². The molecule has 128 valence electrons. The second-order valence-electron chi connectivity index (χ2n) is 5.92. The highest BCUT2D eigenvalue weighted by Gasteiger charge is 2.36. The molecule has 25 heavy (non-hydrogen) atoms. The summed E-state index contributed by atoms with van der Waals surface area (Å²) < 4.78 is 13.0. The summed E-state index contributed by atoms with van der Waals surface area (Å²) in [6.45, 7) is 1.75. The summed E-state index contributed by atoms with van der Waals surface area (Å²) in [6, 6.07) is 14.8. The number of hydrazine groups is 1. The number of amidine groups is 2. The molecular formula is C18H18FN5S. The summed E-state index contributed by atoms with van der Waals surface area (Å²) in [5.41, 5.74) is 12.3. The molecule has 0 spiro atoms. The molecule has 1 fully saturated rings. The third-order valence-corrected chi connectivity index (χ3v) is 5.13. The number of thioether (sulfide) groups is 1. The van der Waals surface area contributed by atoms with Gasteiger partial charge >= 0.3 is 0 Å². The fourth-order valence-electron chi connectivity index (χ4n) is 2.88. The Morgan fingerprint density at radius 2 is 2.08 bits per heavy atom. The minimum atomic E-state index is -0.234. The van der Waals surface area contributed by atoms with E-state index < -0.39 is 0 Å². The molecule has 1 atom stereocenters. The Balaban J connectivity index is 1.47. The molecule has 2 heterocycles. The number of rotatable bonds is 4. The lowest BCUT2D eigenvalue weighted by molar-refractivity contribution is 0.322. The average molecular weight is 355 g/mol. The van der Waals surface area contributed by atoms with Crippen LogP contribution in [0.15, 0.2) is 58.5 Å². The summed E-state index contributed by atoms with van der Waals surface area (Å²) in [7, 11) is 0. The molecule has 2 aromatic rings. The van der Waals surface area contributed by atoms with Crippen molar-refractivity contribution in [2.75, 3.05) is 6.54 Å². The fraction of sp³-hybridized carbons (Fsp3) is 0.222. The summed E-state index contributed by atoms with van der Waals surface area (Å²) in [6.07, 6.45) is 0. The number of nitrogens with zero attached hydrogens (tertiary/aromatic N) is 3. The van der Waals surface area contributed by atoms with E-state index in [4.69, 9.17) is 5.73 Å². The van der Waals surface area contributed by atoms with Gasteiger partial charge in [-0.15, -0.1) is 0 Å². The van der Waals surface area contributed by atoms with Gasteiger partial charge in [0.1, 0.15) is 5.82 Å². The van der Waals surface area contributed by atoms with Crippen LogP contribution in [0.5, 0.6) is 0 Å². The van der Waals surface area contributed by atoms with Crippen molar-refractivity contribution < 1.29 is 4.39 Å². The molecule has 0 amide bonds. The summed E-state index contributed by atoms with van der Waals surface area (Å²) in [5.74, 6) is -0.234. The van der Waals surface area contributed by atoms with Crippen LogP contribution >= 0.6 is 11.8 Å². The second-order valence-corrected chi connectivity index (χ2v) is 6.88. The highest BCUT2D eigenvalue weighted by atomic mass is 32.2. The van der Waals surface area contributed by atoms with Crippen LogP contribution in [-0.2, 0) is 13.1 Å². The third-order valence-electron chi connectivity index (χ3n) is 4.21. The Bertz CT molecular complexity index is 834. The van der Waals surface area contributed by atoms with E-state index in [1.54, 1.807) is 12.1 Å². The van der Waals surface area contributed by atoms with Crippen molar-refractivity contribution in [3.8, 4) is 0 Å². The number of nitrogens with one attached hydrogen (secondary N) is 1. The van der Waals surface area contributed by atoms with Gasteiger partial charge in [-0.1, -0.05) is 36.4 Å². The molecule has 5 nitrogen and oxygen atoms in total. The van der Waals surface area contributed by atoms with Crippen LogP contribution in [0.3, 0.4) is 0 Å². The predicted octanol–water partition coefficient (Wildman–Crippen LogP) is 2.80. The van der Waals surface area contributed by atoms with Crippen LogP contribution < -0.4 is 11.2 Å². The van der Waals surface area contributed by atoms with Gasteiger partial charge in [-0.25, -0.2) is 4.39 Å². The van der Waals surface area contributed by atoms with Crippen LogP contribution in [0, 0.1) is 5.82 Å². The molecule has 0 radical (unpaired) electrons. The average Bonchev–Trinajstić information content (AvgIpc) is 3.21. The van der Waals surface area contributed by atoms with Gasteiger partial charge in [0.2, 0.25) is 0 Å². The highest BCUT2D eigenvalue weighted by molar-refractivity contribution is 8.26. The molecule has 4 rings (SSSR count). The van der Waals surface area contributed by atoms with Crippen molar-refractivity contribution in [3.05, 3.63) is 71.0 Å². The fourth-order valence-corrected chi connectivity index (χ4v) is 3.73. The first-order chi connectivity index (χ1) is 12.2. The minimum absolute atomic E-state index is 0.146. The van der Waals surface area contributed by atoms with Gasteiger partial charge in [0.05, 0.1) is 19.1 Å². The lowest BCUT2D eigenvalue weighted by Gasteiger charge is -2.22. The van der Waals surface area contributed by atoms with Crippen LogP contribution in [0.2, 0.25) is 0 Å². The molecule has 7 heteroatoms. The number of hydrogen-bond donors (Lipinski definition) is 2. The maximum atomic E-state index is 13.0. The number of hydrogen-bond acceptors (Lipinski definition) is 5. The standard InChI is InChI=1S/C18H18FN5S/c19-15-6-4-12(5-7-15)10-21-17-23-24-16(11-22-18(24)25-17)14-3-1-2-13(8-14)9-20/h1-8,16H,9-11,20H2,(H,21,23). The van der Waals surface area contributed by atoms with Crippen LogP contribution in [0.4, 0.5) is 4.39 Å². The van der Waals surface area contributed by atoms with Crippen molar-refractivity contribution >= 4 is 22.1 Å². The quantitative estimate of drug-likeness (QED) is 0.885. The zero-order valence-electron chi connectivity index (χ0n) is 13.5. The Hall–Kier alpha value is -2.38. The van der Waals surface area contributed by atoms with Crippen molar-refractivity contribution in [3.63, 3.8) is 0 Å². The first kappa shape index (κ1) is 16.1. The Labute approximate surface area is 149 Å². The largest absolute Gasteiger partial charge is 0.326 e. The smallest absolute Gasteiger partial charge is 0.186 e. The zero-order chi connectivity index (χ0) is 17.2. The third kappa shape index (κ3) is 3.38. The number of benzene rings is 2. The first-order valence-electron chi connectivity index (χ1n) is 8.09. The summed E-state index contributed by atoms with van der Waals surface area (Å²) in [4.78, 5) is 9.18. The zero-order valence-corrected chi connectivity index (χ0v) is 14.3. The molecule has 3 N–H and O–H groups in total. The van der Waals surface area contributed by atoms with Crippen molar-refractivity contribution in [2.24, 2.45) is 15.7 Å². The normalized spacial score (nSPS) is 20.6. The van der Waals surface area contributed by atoms with Gasteiger partial charge in [0.15, 0.2) is 10.3 Å². The first-order valence-corrected chi connectivity index (χ1v) is 8.90. The van der Waals surface area contributed by atoms with Gasteiger partial charge in [-0.2, -0.15) is 0 Å². The lowest BCUT2D eigenvalue weighted by atomic mass is 10.0. The molecule has 2 aliphatic heterocycles. The molecule has 0 bridgehead atoms.